The Morgan fingerprint density at radius 3 is 3.00 bits per heavy atom. The van der Waals surface area contributed by atoms with Crippen LogP contribution in [0.4, 0.5) is 4.39 Å². The molecule has 1 aromatic carbocycles. The molecule has 1 saturated heterocycles. The van der Waals surface area contributed by atoms with Crippen molar-refractivity contribution >= 4 is 22.1 Å². The molecule has 5 rings (SSSR count). The second-order valence-corrected chi connectivity index (χ2v) is 7.15. The van der Waals surface area contributed by atoms with Crippen LogP contribution in [-0.4, -0.2) is 50.2 Å². The molecule has 0 bridgehead atoms. The second-order valence-electron chi connectivity index (χ2n) is 7.15. The number of pyridine rings is 2. The summed E-state index contributed by atoms with van der Waals surface area (Å²) in [5, 5.41) is 1.10. The molecular weight excluding hydrogens is 357 g/mol. The number of aromatic amines is 1. The highest BCUT2D eigenvalue weighted by Crippen LogP contribution is 2.21. The molecule has 2 atom stereocenters. The van der Waals surface area contributed by atoms with E-state index in [9.17, 15) is 4.39 Å². The van der Waals surface area contributed by atoms with Crippen LogP contribution < -0.4 is 0 Å². The van der Waals surface area contributed by atoms with Crippen molar-refractivity contribution < 1.29 is 9.13 Å². The number of imidazole rings is 1. The van der Waals surface area contributed by atoms with Crippen LogP contribution in [0.25, 0.3) is 22.1 Å². The zero-order valence-corrected chi connectivity index (χ0v) is 15.3. The quantitative estimate of drug-likeness (QED) is 0.578. The molecule has 6 nitrogen and oxygen atoms in total. The molecule has 0 amide bonds. The van der Waals surface area contributed by atoms with Gasteiger partial charge in [0.15, 0.2) is 5.65 Å². The molecule has 0 saturated carbocycles. The van der Waals surface area contributed by atoms with E-state index in [1.54, 1.807) is 6.20 Å². The van der Waals surface area contributed by atoms with Gasteiger partial charge in [0.05, 0.1) is 11.0 Å². The monoisotopic (exact) mass is 377 g/mol. The third-order valence-corrected chi connectivity index (χ3v) is 5.07. The molecule has 4 aromatic rings. The van der Waals surface area contributed by atoms with Gasteiger partial charge in [0.1, 0.15) is 24.7 Å². The van der Waals surface area contributed by atoms with Gasteiger partial charge in [-0.1, -0.05) is 18.2 Å². The Morgan fingerprint density at radius 2 is 2.07 bits per heavy atom. The number of nitrogens with zero attached hydrogens (tertiary/aromatic N) is 4. The normalized spacial score (nSPS) is 20.3. The predicted octanol–water partition coefficient (Wildman–Crippen LogP) is 3.25. The lowest BCUT2D eigenvalue weighted by atomic mass is 10.1. The number of rotatable bonds is 5. The van der Waals surface area contributed by atoms with Crippen molar-refractivity contribution in [2.24, 2.45) is 0 Å². The van der Waals surface area contributed by atoms with Crippen molar-refractivity contribution in [3.8, 4) is 0 Å². The SMILES string of the molecule is FC1CN(Cc2cnc3ccccc3c2)CC1OCc1nc2ncccc2[nH]1. The number of nitrogens with one attached hydrogen (secondary N) is 1. The van der Waals surface area contributed by atoms with Gasteiger partial charge in [0, 0.05) is 37.4 Å². The van der Waals surface area contributed by atoms with Crippen LogP contribution in [0.3, 0.4) is 0 Å². The molecule has 1 N–H and O–H groups in total. The predicted molar refractivity (Wildman–Crippen MR) is 104 cm³/mol. The van der Waals surface area contributed by atoms with Crippen LogP contribution in [0.15, 0.2) is 54.9 Å². The van der Waals surface area contributed by atoms with Gasteiger partial charge in [0.25, 0.3) is 0 Å². The average Bonchev–Trinajstić information content (AvgIpc) is 3.28. The third kappa shape index (κ3) is 3.46. The Balaban J connectivity index is 1.21. The Labute approximate surface area is 161 Å². The first kappa shape index (κ1) is 17.2. The van der Waals surface area contributed by atoms with E-state index in [1.807, 2.05) is 42.6 Å². The molecule has 2 unspecified atom stereocenters. The topological polar surface area (TPSA) is 66.9 Å². The zero-order valence-electron chi connectivity index (χ0n) is 15.3. The van der Waals surface area contributed by atoms with Gasteiger partial charge in [-0.2, -0.15) is 0 Å². The minimum atomic E-state index is -1.02. The minimum Gasteiger partial charge on any atom is -0.366 e. The summed E-state index contributed by atoms with van der Waals surface area (Å²) in [6.45, 7) is 1.81. The number of hydrogen-bond donors (Lipinski definition) is 1. The van der Waals surface area contributed by atoms with E-state index in [1.165, 1.54) is 0 Å². The highest BCUT2D eigenvalue weighted by molar-refractivity contribution is 5.78. The van der Waals surface area contributed by atoms with Crippen molar-refractivity contribution in [1.82, 2.24) is 24.8 Å². The molecule has 0 radical (unpaired) electrons. The second kappa shape index (κ2) is 7.26. The fraction of sp³-hybridized carbons (Fsp3) is 0.286. The number of para-hydroxylation sites is 1. The van der Waals surface area contributed by atoms with Gasteiger partial charge in [-0.25, -0.2) is 14.4 Å². The largest absolute Gasteiger partial charge is 0.366 e. The van der Waals surface area contributed by atoms with E-state index in [2.05, 4.69) is 30.9 Å². The number of fused-ring (bicyclic) bond motifs is 2. The number of hydrogen-bond acceptors (Lipinski definition) is 5. The molecule has 142 valence electrons. The maximum atomic E-state index is 14.5. The highest BCUT2D eigenvalue weighted by Gasteiger charge is 2.33. The summed E-state index contributed by atoms with van der Waals surface area (Å²) < 4.78 is 20.3. The van der Waals surface area contributed by atoms with Gasteiger partial charge >= 0.3 is 0 Å². The highest BCUT2D eigenvalue weighted by atomic mass is 19.1. The number of alkyl halides is 1. The maximum Gasteiger partial charge on any atom is 0.177 e. The summed E-state index contributed by atoms with van der Waals surface area (Å²) in [6.07, 6.45) is 2.08. The summed E-state index contributed by atoms with van der Waals surface area (Å²) in [6, 6.07) is 13.9. The van der Waals surface area contributed by atoms with E-state index >= 15 is 0 Å². The van der Waals surface area contributed by atoms with Crippen LogP contribution in [0, 0.1) is 0 Å². The number of likely N-dealkylation sites (tertiary alicyclic amines) is 1. The van der Waals surface area contributed by atoms with Crippen molar-refractivity contribution in [2.75, 3.05) is 13.1 Å². The molecule has 3 aromatic heterocycles. The first-order valence-electron chi connectivity index (χ1n) is 9.36. The van der Waals surface area contributed by atoms with Crippen molar-refractivity contribution in [2.45, 2.75) is 25.4 Å². The molecule has 7 heteroatoms. The Kier molecular flexibility index (Phi) is 4.46. The summed E-state index contributed by atoms with van der Waals surface area (Å²) >= 11 is 0. The Bertz CT molecular complexity index is 1080. The smallest absolute Gasteiger partial charge is 0.177 e. The van der Waals surface area contributed by atoms with Crippen LogP contribution in [-0.2, 0) is 17.9 Å². The van der Waals surface area contributed by atoms with E-state index in [4.69, 9.17) is 4.74 Å². The van der Waals surface area contributed by atoms with Crippen LogP contribution in [0.1, 0.15) is 11.4 Å². The van der Waals surface area contributed by atoms with Gasteiger partial charge in [-0.05, 0) is 29.8 Å². The summed E-state index contributed by atoms with van der Waals surface area (Å²) in [5.41, 5.74) is 3.55. The number of benzene rings is 1. The van der Waals surface area contributed by atoms with Crippen LogP contribution in [0.5, 0.6) is 0 Å². The number of H-pyrrole nitrogens is 1. The summed E-state index contributed by atoms with van der Waals surface area (Å²) in [5.74, 6) is 0.665. The van der Waals surface area contributed by atoms with E-state index in [0.717, 1.165) is 22.0 Å². The van der Waals surface area contributed by atoms with E-state index < -0.39 is 12.3 Å². The van der Waals surface area contributed by atoms with Gasteiger partial charge < -0.3 is 9.72 Å². The van der Waals surface area contributed by atoms with Crippen LogP contribution in [0.2, 0.25) is 0 Å². The molecule has 0 aliphatic carbocycles. The lowest BCUT2D eigenvalue weighted by Gasteiger charge is -2.15. The molecular formula is C21H20FN5O. The Morgan fingerprint density at radius 1 is 1.14 bits per heavy atom. The van der Waals surface area contributed by atoms with Gasteiger partial charge in [-0.15, -0.1) is 0 Å². The lowest BCUT2D eigenvalue weighted by molar-refractivity contribution is 0.00863. The molecule has 0 spiro atoms. The minimum absolute atomic E-state index is 0.243. The van der Waals surface area contributed by atoms with Crippen molar-refractivity contribution in [1.29, 1.82) is 0 Å². The lowest BCUT2D eigenvalue weighted by Crippen LogP contribution is -2.24. The van der Waals surface area contributed by atoms with E-state index in [0.29, 0.717) is 31.1 Å². The van der Waals surface area contributed by atoms with Crippen molar-refractivity contribution in [3.63, 3.8) is 0 Å². The fourth-order valence-electron chi connectivity index (χ4n) is 3.70. The van der Waals surface area contributed by atoms with Crippen molar-refractivity contribution in [3.05, 3.63) is 66.2 Å². The van der Waals surface area contributed by atoms with Crippen LogP contribution >= 0.6 is 0 Å². The third-order valence-electron chi connectivity index (χ3n) is 5.07. The molecule has 28 heavy (non-hydrogen) atoms. The molecule has 1 aliphatic heterocycles. The zero-order chi connectivity index (χ0) is 18.9. The first-order chi connectivity index (χ1) is 13.7. The number of aromatic nitrogens is 4. The van der Waals surface area contributed by atoms with Gasteiger partial charge in [-0.3, -0.25) is 9.88 Å². The number of ether oxygens (including phenoxy) is 1. The average molecular weight is 377 g/mol. The molecule has 4 heterocycles. The molecule has 1 fully saturated rings. The summed E-state index contributed by atoms with van der Waals surface area (Å²) in [4.78, 5) is 18.3. The first-order valence-corrected chi connectivity index (χ1v) is 9.36. The Hall–Kier alpha value is -2.90. The molecule has 1 aliphatic rings. The standard InChI is InChI=1S/C21H20FN5O/c22-16-11-27(10-14-8-15-4-1-2-5-17(15)24-9-14)12-19(16)28-13-20-25-18-6-3-7-23-21(18)26-20/h1-9,16,19H,10-13H2,(H,23,25,26). The maximum absolute atomic E-state index is 14.5. The van der Waals surface area contributed by atoms with Gasteiger partial charge in [0.2, 0.25) is 0 Å². The fourth-order valence-corrected chi connectivity index (χ4v) is 3.70. The summed E-state index contributed by atoms with van der Waals surface area (Å²) in [7, 11) is 0. The van der Waals surface area contributed by atoms with E-state index in [-0.39, 0.29) is 6.61 Å². The number of halogens is 1.